The molecule has 1 atom stereocenters. The number of hydrogen-bond donors (Lipinski definition) is 2. The Labute approximate surface area is 130 Å². The van der Waals surface area contributed by atoms with Gasteiger partial charge in [0.2, 0.25) is 5.91 Å². The first kappa shape index (κ1) is 18.4. The van der Waals surface area contributed by atoms with Crippen molar-refractivity contribution in [3.63, 3.8) is 0 Å². The SMILES string of the molecule is CC(CNC(=O)CCCCCCN)CN1CCN(C)CC1. The fourth-order valence-electron chi connectivity index (χ4n) is 2.70. The zero-order valence-corrected chi connectivity index (χ0v) is 13.9. The minimum absolute atomic E-state index is 0.202. The van der Waals surface area contributed by atoms with Crippen LogP contribution in [-0.4, -0.2) is 68.6 Å². The van der Waals surface area contributed by atoms with E-state index in [0.717, 1.165) is 71.5 Å². The molecule has 21 heavy (non-hydrogen) atoms. The average Bonchev–Trinajstić information content (AvgIpc) is 2.47. The lowest BCUT2D eigenvalue weighted by Gasteiger charge is -2.33. The first-order valence-corrected chi connectivity index (χ1v) is 8.49. The minimum Gasteiger partial charge on any atom is -0.356 e. The summed E-state index contributed by atoms with van der Waals surface area (Å²) < 4.78 is 0. The molecule has 0 aliphatic carbocycles. The van der Waals surface area contributed by atoms with Gasteiger partial charge in [0.05, 0.1) is 0 Å². The number of nitrogens with two attached hydrogens (primary N) is 1. The van der Waals surface area contributed by atoms with Gasteiger partial charge in [-0.25, -0.2) is 0 Å². The molecule has 1 aliphatic rings. The Kier molecular flexibility index (Phi) is 9.63. The highest BCUT2D eigenvalue weighted by atomic mass is 16.1. The molecule has 1 amide bonds. The monoisotopic (exact) mass is 298 g/mol. The summed E-state index contributed by atoms with van der Waals surface area (Å²) in [7, 11) is 2.18. The maximum absolute atomic E-state index is 11.8. The molecule has 124 valence electrons. The second-order valence-corrected chi connectivity index (χ2v) is 6.47. The van der Waals surface area contributed by atoms with Crippen LogP contribution in [0, 0.1) is 5.92 Å². The van der Waals surface area contributed by atoms with Gasteiger partial charge in [0.1, 0.15) is 0 Å². The summed E-state index contributed by atoms with van der Waals surface area (Å²) in [6.45, 7) is 9.48. The van der Waals surface area contributed by atoms with Crippen molar-refractivity contribution in [2.45, 2.75) is 39.0 Å². The van der Waals surface area contributed by atoms with Gasteiger partial charge in [-0.05, 0) is 32.4 Å². The van der Waals surface area contributed by atoms with Crippen LogP contribution in [0.2, 0.25) is 0 Å². The van der Waals surface area contributed by atoms with Crippen molar-refractivity contribution in [1.29, 1.82) is 0 Å². The molecule has 0 aromatic carbocycles. The summed E-state index contributed by atoms with van der Waals surface area (Å²) in [4.78, 5) is 16.6. The highest BCUT2D eigenvalue weighted by molar-refractivity contribution is 5.75. The maximum Gasteiger partial charge on any atom is 0.220 e. The van der Waals surface area contributed by atoms with Crippen molar-refractivity contribution < 1.29 is 4.79 Å². The third kappa shape index (κ3) is 9.06. The highest BCUT2D eigenvalue weighted by Crippen LogP contribution is 2.05. The molecule has 1 saturated heterocycles. The van der Waals surface area contributed by atoms with E-state index in [9.17, 15) is 4.79 Å². The van der Waals surface area contributed by atoms with Gasteiger partial charge in [-0.15, -0.1) is 0 Å². The molecule has 5 heteroatoms. The lowest BCUT2D eigenvalue weighted by atomic mass is 10.1. The second kappa shape index (κ2) is 11.0. The van der Waals surface area contributed by atoms with E-state index in [0.29, 0.717) is 12.3 Å². The summed E-state index contributed by atoms with van der Waals surface area (Å²) in [6.07, 6.45) is 4.97. The van der Waals surface area contributed by atoms with Crippen LogP contribution in [0.3, 0.4) is 0 Å². The molecule has 0 aromatic rings. The number of likely N-dealkylation sites (N-methyl/N-ethyl adjacent to an activating group) is 1. The molecular weight excluding hydrogens is 264 g/mol. The topological polar surface area (TPSA) is 61.6 Å². The predicted octanol–water partition coefficient (Wildman–Crippen LogP) is 0.895. The Morgan fingerprint density at radius 1 is 1.14 bits per heavy atom. The van der Waals surface area contributed by atoms with Gasteiger partial charge in [0.25, 0.3) is 0 Å². The maximum atomic E-state index is 11.8. The van der Waals surface area contributed by atoms with Crippen LogP contribution < -0.4 is 11.1 Å². The Morgan fingerprint density at radius 2 is 1.81 bits per heavy atom. The number of rotatable bonds is 10. The first-order chi connectivity index (χ1) is 10.1. The molecule has 1 unspecified atom stereocenters. The molecule has 0 radical (unpaired) electrons. The van der Waals surface area contributed by atoms with E-state index in [1.54, 1.807) is 0 Å². The van der Waals surface area contributed by atoms with Crippen LogP contribution in [-0.2, 0) is 4.79 Å². The van der Waals surface area contributed by atoms with Crippen LogP contribution in [0.4, 0.5) is 0 Å². The standard InChI is InChI=1S/C16H34N4O/c1-15(14-20-11-9-19(2)10-12-20)13-18-16(21)7-5-3-4-6-8-17/h15H,3-14,17H2,1-2H3,(H,18,21). The Hall–Kier alpha value is -0.650. The van der Waals surface area contributed by atoms with Gasteiger partial charge < -0.3 is 20.9 Å². The van der Waals surface area contributed by atoms with E-state index in [1.165, 1.54) is 0 Å². The highest BCUT2D eigenvalue weighted by Gasteiger charge is 2.16. The average molecular weight is 298 g/mol. The van der Waals surface area contributed by atoms with Crippen molar-refractivity contribution in [2.24, 2.45) is 11.7 Å². The zero-order chi connectivity index (χ0) is 15.5. The molecule has 0 saturated carbocycles. The normalized spacial score (nSPS) is 18.6. The number of hydrogen-bond acceptors (Lipinski definition) is 4. The van der Waals surface area contributed by atoms with Crippen LogP contribution >= 0.6 is 0 Å². The van der Waals surface area contributed by atoms with Crippen molar-refractivity contribution in [3.8, 4) is 0 Å². The fourth-order valence-corrected chi connectivity index (χ4v) is 2.70. The van der Waals surface area contributed by atoms with E-state index in [4.69, 9.17) is 5.73 Å². The molecule has 3 N–H and O–H groups in total. The van der Waals surface area contributed by atoms with E-state index in [2.05, 4.69) is 29.1 Å². The minimum atomic E-state index is 0.202. The van der Waals surface area contributed by atoms with Gasteiger partial charge in [-0.3, -0.25) is 4.79 Å². The lowest BCUT2D eigenvalue weighted by molar-refractivity contribution is -0.121. The molecule has 0 aromatic heterocycles. The Bertz CT molecular complexity index is 277. The van der Waals surface area contributed by atoms with Crippen LogP contribution in [0.15, 0.2) is 0 Å². The quantitative estimate of drug-likeness (QED) is 0.588. The summed E-state index contributed by atoms with van der Waals surface area (Å²) in [6, 6.07) is 0. The fraction of sp³-hybridized carbons (Fsp3) is 0.938. The molecular formula is C16H34N4O. The zero-order valence-electron chi connectivity index (χ0n) is 13.9. The van der Waals surface area contributed by atoms with Crippen molar-refractivity contribution in [1.82, 2.24) is 15.1 Å². The number of piperazine rings is 1. The molecule has 1 fully saturated rings. The van der Waals surface area contributed by atoms with Gasteiger partial charge in [0.15, 0.2) is 0 Å². The molecule has 1 rings (SSSR count). The summed E-state index contributed by atoms with van der Waals surface area (Å²) >= 11 is 0. The number of nitrogens with one attached hydrogen (secondary N) is 1. The summed E-state index contributed by atoms with van der Waals surface area (Å²) in [5.41, 5.74) is 5.45. The Balaban J connectivity index is 2.01. The lowest BCUT2D eigenvalue weighted by Crippen LogP contribution is -2.46. The Morgan fingerprint density at radius 3 is 2.48 bits per heavy atom. The van der Waals surface area contributed by atoms with Crippen LogP contribution in [0.1, 0.15) is 39.0 Å². The van der Waals surface area contributed by atoms with E-state index in [-0.39, 0.29) is 5.91 Å². The van der Waals surface area contributed by atoms with Gasteiger partial charge in [0, 0.05) is 45.7 Å². The van der Waals surface area contributed by atoms with E-state index in [1.807, 2.05) is 0 Å². The third-order valence-electron chi connectivity index (χ3n) is 4.17. The largest absolute Gasteiger partial charge is 0.356 e. The molecule has 0 spiro atoms. The van der Waals surface area contributed by atoms with Gasteiger partial charge >= 0.3 is 0 Å². The number of carbonyl (C=O) groups excluding carboxylic acids is 1. The van der Waals surface area contributed by atoms with Crippen LogP contribution in [0.25, 0.3) is 0 Å². The molecule has 5 nitrogen and oxygen atoms in total. The van der Waals surface area contributed by atoms with Crippen molar-refractivity contribution >= 4 is 5.91 Å². The predicted molar refractivity (Wildman–Crippen MR) is 88.3 cm³/mol. The number of nitrogens with zero attached hydrogens (tertiary/aromatic N) is 2. The molecule has 1 heterocycles. The molecule has 1 aliphatic heterocycles. The van der Waals surface area contributed by atoms with E-state index >= 15 is 0 Å². The first-order valence-electron chi connectivity index (χ1n) is 8.49. The van der Waals surface area contributed by atoms with Crippen LogP contribution in [0.5, 0.6) is 0 Å². The van der Waals surface area contributed by atoms with Crippen molar-refractivity contribution in [2.75, 3.05) is 52.9 Å². The van der Waals surface area contributed by atoms with Gasteiger partial charge in [-0.2, -0.15) is 0 Å². The number of amides is 1. The smallest absolute Gasteiger partial charge is 0.220 e. The van der Waals surface area contributed by atoms with Crippen molar-refractivity contribution in [3.05, 3.63) is 0 Å². The third-order valence-corrected chi connectivity index (χ3v) is 4.17. The molecule has 0 bridgehead atoms. The van der Waals surface area contributed by atoms with Gasteiger partial charge in [-0.1, -0.05) is 19.8 Å². The number of unbranched alkanes of at least 4 members (excludes halogenated alkanes) is 3. The van der Waals surface area contributed by atoms with E-state index < -0.39 is 0 Å². The summed E-state index contributed by atoms with van der Waals surface area (Å²) in [5.74, 6) is 0.725. The second-order valence-electron chi connectivity index (χ2n) is 6.47. The number of carbonyl (C=O) groups is 1. The summed E-state index contributed by atoms with van der Waals surface area (Å²) in [5, 5.41) is 3.07.